The number of thiophene rings is 2. The smallest absolute Gasteiger partial charge is 0.128 e. The highest BCUT2D eigenvalue weighted by Gasteiger charge is 2.19. The highest BCUT2D eigenvalue weighted by Crippen LogP contribution is 2.43. The van der Waals surface area contributed by atoms with Crippen LogP contribution in [0.3, 0.4) is 0 Å². The summed E-state index contributed by atoms with van der Waals surface area (Å²) in [6.07, 6.45) is 3.37. The van der Waals surface area contributed by atoms with Crippen LogP contribution in [0.5, 0.6) is 0 Å². The fourth-order valence-corrected chi connectivity index (χ4v) is 11.4. The van der Waals surface area contributed by atoms with Gasteiger partial charge in [0.15, 0.2) is 0 Å². The van der Waals surface area contributed by atoms with Gasteiger partial charge in [0, 0.05) is 59.1 Å². The van der Waals surface area contributed by atoms with Crippen LogP contribution in [0.25, 0.3) is 107 Å². The molecule has 0 unspecified atom stereocenters. The minimum atomic E-state index is 0.943. The second-order valence-electron chi connectivity index (χ2n) is 15.9. The first-order valence-electron chi connectivity index (χ1n) is 20.9. The molecule has 0 aliphatic rings. The summed E-state index contributed by atoms with van der Waals surface area (Å²) in [5.74, 6) is 0. The molecule has 7 heteroatoms. The van der Waals surface area contributed by atoms with Crippen LogP contribution < -0.4 is 4.90 Å². The van der Waals surface area contributed by atoms with Gasteiger partial charge in [0.1, 0.15) is 22.3 Å². The highest BCUT2D eigenvalue weighted by molar-refractivity contribution is 7.25. The summed E-state index contributed by atoms with van der Waals surface area (Å²) in [4.78, 5) is 23.3. The molecule has 0 aliphatic carbocycles. The third-order valence-corrected chi connectivity index (χ3v) is 14.5. The molecule has 9 aromatic carbocycles. The number of anilines is 3. The maximum atomic E-state index is 4.83. The summed E-state index contributed by atoms with van der Waals surface area (Å²) >= 11 is 3.42. The van der Waals surface area contributed by atoms with Gasteiger partial charge in [-0.15, -0.1) is 22.7 Å². The molecule has 0 amide bonds. The van der Waals surface area contributed by atoms with E-state index < -0.39 is 0 Å². The molecule has 0 saturated heterocycles. The minimum Gasteiger partial charge on any atom is -0.310 e. The van der Waals surface area contributed by atoms with Crippen molar-refractivity contribution in [2.24, 2.45) is 0 Å². The predicted octanol–water partition coefficient (Wildman–Crippen LogP) is 15.9. The molecule has 0 saturated carbocycles. The highest BCUT2D eigenvalue weighted by atomic mass is 32.1. The van der Waals surface area contributed by atoms with E-state index in [9.17, 15) is 0 Å². The van der Waals surface area contributed by atoms with E-state index in [1.165, 1.54) is 63.6 Å². The Morgan fingerprint density at radius 1 is 0.317 bits per heavy atom. The molecule has 0 bridgehead atoms. The maximum Gasteiger partial charge on any atom is 0.128 e. The Labute approximate surface area is 369 Å². The molecule has 13 aromatic rings. The number of rotatable bonds is 6. The van der Waals surface area contributed by atoms with Crippen molar-refractivity contribution in [3.05, 3.63) is 201 Å². The number of hydrogen-bond donors (Lipinski definition) is 0. The minimum absolute atomic E-state index is 0.943. The van der Waals surface area contributed by atoms with E-state index in [1.807, 2.05) is 0 Å². The van der Waals surface area contributed by atoms with E-state index >= 15 is 0 Å². The first-order chi connectivity index (χ1) is 31.2. The normalized spacial score (nSPS) is 11.8. The lowest BCUT2D eigenvalue weighted by molar-refractivity contribution is 1.23. The number of nitrogens with zero attached hydrogens (tertiary/aromatic N) is 5. The Hall–Kier alpha value is -7.84. The van der Waals surface area contributed by atoms with E-state index in [0.717, 1.165) is 60.0 Å². The maximum absolute atomic E-state index is 4.83. The van der Waals surface area contributed by atoms with Gasteiger partial charge < -0.3 is 4.90 Å². The van der Waals surface area contributed by atoms with Crippen LogP contribution in [-0.4, -0.2) is 19.9 Å². The first-order valence-corrected chi connectivity index (χ1v) is 22.5. The zero-order valence-electron chi connectivity index (χ0n) is 33.6. The lowest BCUT2D eigenvalue weighted by atomic mass is 9.96. The molecule has 4 heterocycles. The Kier molecular flexibility index (Phi) is 8.19. The van der Waals surface area contributed by atoms with Crippen molar-refractivity contribution in [2.75, 3.05) is 4.90 Å². The van der Waals surface area contributed by atoms with E-state index in [1.54, 1.807) is 35.3 Å². The molecular formula is C56H33N5S2. The molecule has 0 fully saturated rings. The average Bonchev–Trinajstić information content (AvgIpc) is 3.93. The average molecular weight is 840 g/mol. The standard InChI is InChI=1S/C56H33N5S2/c1-2-8-37-29-38(14-13-34(37)7-1)39-21-27-45-40(30-39)15-16-41-31-44(26-28-46(41)45)61(42-22-17-35(18-23-42)53-51-47-9-3-5-11-49(47)62-55(51)59-32-57-53)43-24-19-36(20-25-43)54-52-48-10-4-6-12-50(48)63-56(52)60-33-58-54/h1-33H. The van der Waals surface area contributed by atoms with Crippen LogP contribution in [0.15, 0.2) is 201 Å². The van der Waals surface area contributed by atoms with E-state index in [2.05, 4.69) is 203 Å². The molecule has 13 rings (SSSR count). The predicted molar refractivity (Wildman–Crippen MR) is 267 cm³/mol. The molecule has 0 aliphatic heterocycles. The van der Waals surface area contributed by atoms with E-state index in [4.69, 9.17) is 9.97 Å². The molecule has 0 atom stereocenters. The van der Waals surface area contributed by atoms with Crippen molar-refractivity contribution in [1.82, 2.24) is 19.9 Å². The Morgan fingerprint density at radius 2 is 0.762 bits per heavy atom. The number of benzene rings is 9. The fourth-order valence-electron chi connectivity index (χ4n) is 9.28. The number of aromatic nitrogens is 4. The van der Waals surface area contributed by atoms with Gasteiger partial charge in [0.05, 0.1) is 11.4 Å². The second kappa shape index (κ2) is 14.4. The van der Waals surface area contributed by atoms with Crippen molar-refractivity contribution in [1.29, 1.82) is 0 Å². The number of hydrogen-bond acceptors (Lipinski definition) is 7. The van der Waals surface area contributed by atoms with Crippen LogP contribution in [0.2, 0.25) is 0 Å². The molecule has 0 spiro atoms. The van der Waals surface area contributed by atoms with Gasteiger partial charge in [-0.3, -0.25) is 0 Å². The summed E-state index contributed by atoms with van der Waals surface area (Å²) < 4.78 is 2.43. The van der Waals surface area contributed by atoms with Gasteiger partial charge in [0.2, 0.25) is 0 Å². The van der Waals surface area contributed by atoms with E-state index in [0.29, 0.717) is 0 Å². The van der Waals surface area contributed by atoms with E-state index in [-0.39, 0.29) is 0 Å². The summed E-state index contributed by atoms with van der Waals surface area (Å²) in [5.41, 5.74) is 9.57. The quantitative estimate of drug-likeness (QED) is 0.156. The van der Waals surface area contributed by atoms with Crippen LogP contribution >= 0.6 is 22.7 Å². The van der Waals surface area contributed by atoms with Gasteiger partial charge in [-0.1, -0.05) is 127 Å². The lowest BCUT2D eigenvalue weighted by Crippen LogP contribution is -2.10. The van der Waals surface area contributed by atoms with Crippen LogP contribution in [0.1, 0.15) is 0 Å². The largest absolute Gasteiger partial charge is 0.310 e. The lowest BCUT2D eigenvalue weighted by Gasteiger charge is -2.26. The first kappa shape index (κ1) is 35.9. The summed E-state index contributed by atoms with van der Waals surface area (Å²) in [6, 6.07) is 68.0. The molecule has 5 nitrogen and oxygen atoms in total. The van der Waals surface area contributed by atoms with Gasteiger partial charge >= 0.3 is 0 Å². The third kappa shape index (κ3) is 5.97. The molecule has 4 aromatic heterocycles. The molecule has 294 valence electrons. The monoisotopic (exact) mass is 839 g/mol. The van der Waals surface area contributed by atoms with Crippen molar-refractivity contribution in [2.45, 2.75) is 0 Å². The molecular weight excluding hydrogens is 807 g/mol. The van der Waals surface area contributed by atoms with Gasteiger partial charge in [0.25, 0.3) is 0 Å². The van der Waals surface area contributed by atoms with Crippen molar-refractivity contribution in [3.63, 3.8) is 0 Å². The summed E-state index contributed by atoms with van der Waals surface area (Å²) in [5, 5.41) is 11.9. The molecule has 0 N–H and O–H groups in total. The van der Waals surface area contributed by atoms with Crippen molar-refractivity contribution in [3.8, 4) is 33.6 Å². The Bertz CT molecular complexity index is 3770. The Balaban J connectivity index is 0.919. The van der Waals surface area contributed by atoms with Crippen LogP contribution in [0.4, 0.5) is 17.1 Å². The van der Waals surface area contributed by atoms with Crippen molar-refractivity contribution >= 4 is 113 Å². The third-order valence-electron chi connectivity index (χ3n) is 12.3. The van der Waals surface area contributed by atoms with Crippen molar-refractivity contribution < 1.29 is 0 Å². The topological polar surface area (TPSA) is 54.8 Å². The fraction of sp³-hybridized carbons (Fsp3) is 0. The molecule has 63 heavy (non-hydrogen) atoms. The number of fused-ring (bicyclic) bond motifs is 10. The van der Waals surface area contributed by atoms with Gasteiger partial charge in [-0.2, -0.15) is 0 Å². The zero-order valence-corrected chi connectivity index (χ0v) is 35.2. The SMILES string of the molecule is c1ccc2cc(-c3ccc4c(ccc5cc(N(c6ccc(-c7ncnc8sc9ccccc9c78)cc6)c6ccc(-c7ncnc8sc9ccccc9c78)cc6)ccc54)c3)ccc2c1. The van der Waals surface area contributed by atoms with Gasteiger partial charge in [-0.05, 0) is 104 Å². The zero-order chi connectivity index (χ0) is 41.4. The second-order valence-corrected chi connectivity index (χ2v) is 18.0. The Morgan fingerprint density at radius 3 is 1.37 bits per heavy atom. The van der Waals surface area contributed by atoms with Crippen LogP contribution in [0, 0.1) is 0 Å². The molecule has 0 radical (unpaired) electrons. The van der Waals surface area contributed by atoms with Crippen LogP contribution in [-0.2, 0) is 0 Å². The summed E-state index contributed by atoms with van der Waals surface area (Å²) in [7, 11) is 0. The summed E-state index contributed by atoms with van der Waals surface area (Å²) in [6.45, 7) is 0. The van der Waals surface area contributed by atoms with Gasteiger partial charge in [-0.25, -0.2) is 19.9 Å².